The van der Waals surface area contributed by atoms with Gasteiger partial charge >= 0.3 is 0 Å². The number of aromatic nitrogens is 2. The number of benzene rings is 1. The second-order valence-electron chi connectivity index (χ2n) is 5.61. The molecule has 0 bridgehead atoms. The van der Waals surface area contributed by atoms with E-state index in [1.807, 2.05) is 24.3 Å². The Balaban J connectivity index is 1.84. The molecule has 0 unspecified atom stereocenters. The lowest BCUT2D eigenvalue weighted by Crippen LogP contribution is -2.38. The van der Waals surface area contributed by atoms with E-state index in [-0.39, 0.29) is 5.92 Å². The molecular weight excluding hydrogens is 318 g/mol. The Bertz CT molecular complexity index is 788. The summed E-state index contributed by atoms with van der Waals surface area (Å²) in [5.41, 5.74) is 0.726. The standard InChI is InChI=1S/C15H19N3O4S/c1-21-13-8-4-3-7-12(13)15-17-16-14(22-15)11-6-5-9-18(10-11)23(2,19)20/h3-4,7-8,11H,5-6,9-10H2,1-2H3/t11-/m0/s1. The van der Waals surface area contributed by atoms with E-state index in [2.05, 4.69) is 10.2 Å². The lowest BCUT2D eigenvalue weighted by molar-refractivity contribution is 0.287. The largest absolute Gasteiger partial charge is 0.496 e. The summed E-state index contributed by atoms with van der Waals surface area (Å²) < 4.78 is 36.0. The number of methoxy groups -OCH3 is 1. The van der Waals surface area contributed by atoms with Gasteiger partial charge in [0.15, 0.2) is 0 Å². The van der Waals surface area contributed by atoms with Gasteiger partial charge in [0.05, 0.1) is 24.8 Å². The van der Waals surface area contributed by atoms with Crippen LogP contribution in [0.2, 0.25) is 0 Å². The van der Waals surface area contributed by atoms with Crippen molar-refractivity contribution in [2.24, 2.45) is 0 Å². The maximum absolute atomic E-state index is 11.7. The average molecular weight is 337 g/mol. The van der Waals surface area contributed by atoms with Gasteiger partial charge in [-0.15, -0.1) is 10.2 Å². The highest BCUT2D eigenvalue weighted by atomic mass is 32.2. The summed E-state index contributed by atoms with van der Waals surface area (Å²) in [4.78, 5) is 0. The molecule has 124 valence electrons. The Morgan fingerprint density at radius 3 is 2.83 bits per heavy atom. The molecule has 1 saturated heterocycles. The van der Waals surface area contributed by atoms with Crippen molar-refractivity contribution in [2.45, 2.75) is 18.8 Å². The quantitative estimate of drug-likeness (QED) is 0.847. The van der Waals surface area contributed by atoms with Crippen LogP contribution in [0.4, 0.5) is 0 Å². The van der Waals surface area contributed by atoms with Crippen LogP contribution >= 0.6 is 0 Å². The fraction of sp³-hybridized carbons (Fsp3) is 0.467. The van der Waals surface area contributed by atoms with Crippen molar-refractivity contribution in [1.29, 1.82) is 0 Å². The van der Waals surface area contributed by atoms with E-state index >= 15 is 0 Å². The van der Waals surface area contributed by atoms with Crippen LogP contribution in [0.5, 0.6) is 5.75 Å². The molecule has 1 aromatic carbocycles. The zero-order valence-electron chi connectivity index (χ0n) is 13.1. The van der Waals surface area contributed by atoms with Gasteiger partial charge in [0.1, 0.15) is 5.75 Å². The van der Waals surface area contributed by atoms with Crippen LogP contribution in [-0.2, 0) is 10.0 Å². The summed E-state index contributed by atoms with van der Waals surface area (Å²) >= 11 is 0. The summed E-state index contributed by atoms with van der Waals surface area (Å²) in [6.07, 6.45) is 2.84. The highest BCUT2D eigenvalue weighted by molar-refractivity contribution is 7.88. The summed E-state index contributed by atoms with van der Waals surface area (Å²) in [6.45, 7) is 0.926. The molecule has 0 aliphatic carbocycles. The Morgan fingerprint density at radius 2 is 2.09 bits per heavy atom. The number of rotatable bonds is 4. The van der Waals surface area contributed by atoms with Crippen molar-refractivity contribution >= 4 is 10.0 Å². The van der Waals surface area contributed by atoms with Crippen molar-refractivity contribution in [3.05, 3.63) is 30.2 Å². The van der Waals surface area contributed by atoms with E-state index in [0.29, 0.717) is 30.6 Å². The third-order valence-electron chi connectivity index (χ3n) is 3.98. The van der Waals surface area contributed by atoms with Crippen LogP contribution in [0.1, 0.15) is 24.7 Å². The molecule has 1 aromatic heterocycles. The maximum atomic E-state index is 11.7. The first-order valence-corrected chi connectivity index (χ1v) is 9.26. The molecule has 3 rings (SSSR count). The summed E-state index contributed by atoms with van der Waals surface area (Å²) in [5, 5.41) is 8.21. The number of hydrogen-bond acceptors (Lipinski definition) is 6. The van der Waals surface area contributed by atoms with E-state index in [9.17, 15) is 8.42 Å². The van der Waals surface area contributed by atoms with Gasteiger partial charge < -0.3 is 9.15 Å². The minimum atomic E-state index is -3.20. The molecule has 0 spiro atoms. The Hall–Kier alpha value is -1.93. The fourth-order valence-electron chi connectivity index (χ4n) is 2.77. The third kappa shape index (κ3) is 3.37. The first-order chi connectivity index (χ1) is 11.0. The average Bonchev–Trinajstić information content (AvgIpc) is 3.04. The summed E-state index contributed by atoms with van der Waals surface area (Å²) in [7, 11) is -1.61. The topological polar surface area (TPSA) is 85.5 Å². The molecule has 0 amide bonds. The van der Waals surface area contributed by atoms with Crippen molar-refractivity contribution < 1.29 is 17.6 Å². The van der Waals surface area contributed by atoms with Crippen LogP contribution in [0.3, 0.4) is 0 Å². The molecule has 1 atom stereocenters. The molecular formula is C15H19N3O4S. The van der Waals surface area contributed by atoms with E-state index in [1.165, 1.54) is 10.6 Å². The van der Waals surface area contributed by atoms with Crippen LogP contribution in [0.15, 0.2) is 28.7 Å². The molecule has 2 heterocycles. The van der Waals surface area contributed by atoms with E-state index in [4.69, 9.17) is 9.15 Å². The first-order valence-electron chi connectivity index (χ1n) is 7.41. The van der Waals surface area contributed by atoms with Gasteiger partial charge in [0.2, 0.25) is 15.9 Å². The molecule has 0 N–H and O–H groups in total. The van der Waals surface area contributed by atoms with Gasteiger partial charge in [-0.25, -0.2) is 12.7 Å². The molecule has 1 aliphatic heterocycles. The Kier molecular flexibility index (Phi) is 4.36. The molecule has 23 heavy (non-hydrogen) atoms. The molecule has 2 aromatic rings. The van der Waals surface area contributed by atoms with Crippen molar-refractivity contribution in [3.8, 4) is 17.2 Å². The Labute approximate surface area is 135 Å². The maximum Gasteiger partial charge on any atom is 0.251 e. The van der Waals surface area contributed by atoms with Crippen molar-refractivity contribution in [3.63, 3.8) is 0 Å². The lowest BCUT2D eigenvalue weighted by Gasteiger charge is -2.28. The van der Waals surface area contributed by atoms with Crippen LogP contribution < -0.4 is 4.74 Å². The molecule has 0 saturated carbocycles. The number of piperidine rings is 1. The van der Waals surface area contributed by atoms with Gasteiger partial charge in [0, 0.05) is 13.1 Å². The van der Waals surface area contributed by atoms with Crippen molar-refractivity contribution in [1.82, 2.24) is 14.5 Å². The van der Waals surface area contributed by atoms with Gasteiger partial charge in [0.25, 0.3) is 5.89 Å². The first kappa shape index (κ1) is 15.9. The second kappa shape index (κ2) is 6.29. The predicted molar refractivity (Wildman–Crippen MR) is 84.7 cm³/mol. The summed E-state index contributed by atoms with van der Waals surface area (Å²) in [6, 6.07) is 7.41. The van der Waals surface area contributed by atoms with E-state index < -0.39 is 10.0 Å². The van der Waals surface area contributed by atoms with Gasteiger partial charge in [-0.1, -0.05) is 12.1 Å². The van der Waals surface area contributed by atoms with Gasteiger partial charge in [-0.05, 0) is 25.0 Å². The third-order valence-corrected chi connectivity index (χ3v) is 5.25. The summed E-state index contributed by atoms with van der Waals surface area (Å²) in [5.74, 6) is 1.44. The number of nitrogens with zero attached hydrogens (tertiary/aromatic N) is 3. The van der Waals surface area contributed by atoms with Crippen molar-refractivity contribution in [2.75, 3.05) is 26.5 Å². The lowest BCUT2D eigenvalue weighted by atomic mass is 10.00. The Morgan fingerprint density at radius 1 is 1.30 bits per heavy atom. The minimum Gasteiger partial charge on any atom is -0.496 e. The van der Waals surface area contributed by atoms with Gasteiger partial charge in [-0.2, -0.15) is 0 Å². The van der Waals surface area contributed by atoms with Crippen LogP contribution in [0, 0.1) is 0 Å². The highest BCUT2D eigenvalue weighted by Crippen LogP contribution is 2.32. The number of para-hydroxylation sites is 1. The molecule has 1 fully saturated rings. The van der Waals surface area contributed by atoms with Gasteiger partial charge in [-0.3, -0.25) is 0 Å². The number of ether oxygens (including phenoxy) is 1. The molecule has 7 nitrogen and oxygen atoms in total. The molecule has 1 aliphatic rings. The van der Waals surface area contributed by atoms with E-state index in [0.717, 1.165) is 18.4 Å². The smallest absolute Gasteiger partial charge is 0.251 e. The number of hydrogen-bond donors (Lipinski definition) is 0. The van der Waals surface area contributed by atoms with Crippen LogP contribution in [0.25, 0.3) is 11.5 Å². The fourth-order valence-corrected chi connectivity index (χ4v) is 3.69. The normalized spacial score (nSPS) is 19.7. The monoisotopic (exact) mass is 337 g/mol. The minimum absolute atomic E-state index is 0.0746. The zero-order chi connectivity index (χ0) is 16.4. The zero-order valence-corrected chi connectivity index (χ0v) is 13.9. The SMILES string of the molecule is COc1ccccc1-c1nnc([C@H]2CCCN(S(C)(=O)=O)C2)o1. The molecule has 0 radical (unpaired) electrons. The highest BCUT2D eigenvalue weighted by Gasteiger charge is 2.30. The molecule has 8 heteroatoms. The number of sulfonamides is 1. The second-order valence-corrected chi connectivity index (χ2v) is 7.59. The van der Waals surface area contributed by atoms with Crippen LogP contribution in [-0.4, -0.2) is 49.4 Å². The van der Waals surface area contributed by atoms with E-state index in [1.54, 1.807) is 7.11 Å². The predicted octanol–water partition coefficient (Wildman–Crippen LogP) is 1.88.